The highest BCUT2D eigenvalue weighted by Crippen LogP contribution is 2.26. The number of carbonyl (C=O) groups excluding carboxylic acids is 2. The van der Waals surface area contributed by atoms with Crippen LogP contribution in [0.2, 0.25) is 0 Å². The average Bonchev–Trinajstić information content (AvgIpc) is 2.70. The highest BCUT2D eigenvalue weighted by atomic mass is 32.2. The number of esters is 1. The van der Waals surface area contributed by atoms with E-state index in [1.807, 2.05) is 44.4 Å². The molecule has 148 valence electrons. The number of aryl methyl sites for hydroxylation is 3. The summed E-state index contributed by atoms with van der Waals surface area (Å²) in [6, 6.07) is 7.88. The number of nitrogens with zero attached hydrogens (tertiary/aromatic N) is 3. The number of rotatable bonds is 6. The summed E-state index contributed by atoms with van der Waals surface area (Å²) in [6.45, 7) is 4.27. The molecule has 0 atom stereocenters. The summed E-state index contributed by atoms with van der Waals surface area (Å²) >= 11 is 1.49. The first-order valence-corrected chi connectivity index (χ1v) is 10.6. The summed E-state index contributed by atoms with van der Waals surface area (Å²) < 4.78 is 5.24. The van der Waals surface area contributed by atoms with Crippen molar-refractivity contribution in [3.63, 3.8) is 0 Å². The van der Waals surface area contributed by atoms with Gasteiger partial charge in [-0.3, -0.25) is 9.59 Å². The third-order valence-corrected chi connectivity index (χ3v) is 5.48. The van der Waals surface area contributed by atoms with Crippen LogP contribution in [0.3, 0.4) is 0 Å². The summed E-state index contributed by atoms with van der Waals surface area (Å²) in [4.78, 5) is 35.3. The lowest BCUT2D eigenvalue weighted by molar-refractivity contribution is -0.147. The smallest absolute Gasteiger partial charge is 0.306 e. The SMILES string of the molecule is CSc1nc(C)c(CCC(=O)OCC(=O)N2CCCc3ccccc32)c(C)n1. The van der Waals surface area contributed by atoms with E-state index in [0.717, 1.165) is 46.2 Å². The normalized spacial score (nSPS) is 13.2. The third-order valence-electron chi connectivity index (χ3n) is 4.93. The van der Waals surface area contributed by atoms with Crippen LogP contribution in [0.5, 0.6) is 0 Å². The van der Waals surface area contributed by atoms with Crippen LogP contribution in [-0.2, 0) is 27.2 Å². The molecule has 6 nitrogen and oxygen atoms in total. The van der Waals surface area contributed by atoms with Crippen molar-refractivity contribution in [3.05, 3.63) is 46.8 Å². The number of aromatic nitrogens is 2. The monoisotopic (exact) mass is 399 g/mol. The first-order chi connectivity index (χ1) is 13.5. The van der Waals surface area contributed by atoms with E-state index in [9.17, 15) is 9.59 Å². The van der Waals surface area contributed by atoms with E-state index in [4.69, 9.17) is 4.74 Å². The number of ether oxygens (including phenoxy) is 1. The minimum absolute atomic E-state index is 0.180. The highest BCUT2D eigenvalue weighted by molar-refractivity contribution is 7.98. The summed E-state index contributed by atoms with van der Waals surface area (Å²) in [5.41, 5.74) is 4.81. The van der Waals surface area contributed by atoms with Gasteiger partial charge in [0.05, 0.1) is 0 Å². The van der Waals surface area contributed by atoms with Gasteiger partial charge < -0.3 is 9.64 Å². The van der Waals surface area contributed by atoms with Crippen LogP contribution in [0.4, 0.5) is 5.69 Å². The Morgan fingerprint density at radius 2 is 1.89 bits per heavy atom. The van der Waals surface area contributed by atoms with Crippen LogP contribution >= 0.6 is 11.8 Å². The zero-order valence-electron chi connectivity index (χ0n) is 16.5. The van der Waals surface area contributed by atoms with Gasteiger partial charge >= 0.3 is 5.97 Å². The number of hydrogen-bond acceptors (Lipinski definition) is 6. The third kappa shape index (κ3) is 4.70. The highest BCUT2D eigenvalue weighted by Gasteiger charge is 2.23. The largest absolute Gasteiger partial charge is 0.456 e. The molecule has 1 aliphatic heterocycles. The summed E-state index contributed by atoms with van der Waals surface area (Å²) in [5.74, 6) is -0.563. The Balaban J connectivity index is 1.53. The Kier molecular flexibility index (Phi) is 6.67. The van der Waals surface area contributed by atoms with Gasteiger partial charge in [0.2, 0.25) is 0 Å². The number of amides is 1. The molecule has 7 heteroatoms. The molecule has 0 saturated heterocycles. The summed E-state index contributed by atoms with van der Waals surface area (Å²) in [6.07, 6.45) is 4.53. The molecule has 2 heterocycles. The lowest BCUT2D eigenvalue weighted by Gasteiger charge is -2.29. The maximum Gasteiger partial charge on any atom is 0.306 e. The number of para-hydroxylation sites is 1. The minimum Gasteiger partial charge on any atom is -0.456 e. The van der Waals surface area contributed by atoms with E-state index in [2.05, 4.69) is 9.97 Å². The van der Waals surface area contributed by atoms with Crippen LogP contribution in [0.15, 0.2) is 29.4 Å². The van der Waals surface area contributed by atoms with Crippen LogP contribution in [0, 0.1) is 13.8 Å². The van der Waals surface area contributed by atoms with Crippen molar-refractivity contribution in [2.24, 2.45) is 0 Å². The van der Waals surface area contributed by atoms with E-state index >= 15 is 0 Å². The van der Waals surface area contributed by atoms with Gasteiger partial charge in [-0.25, -0.2) is 9.97 Å². The second kappa shape index (κ2) is 9.19. The van der Waals surface area contributed by atoms with Gasteiger partial charge in [0, 0.05) is 30.0 Å². The number of hydrogen-bond donors (Lipinski definition) is 0. The molecule has 0 bridgehead atoms. The van der Waals surface area contributed by atoms with Crippen molar-refractivity contribution in [1.29, 1.82) is 0 Å². The molecule has 0 spiro atoms. The van der Waals surface area contributed by atoms with Crippen molar-refractivity contribution in [2.75, 3.05) is 24.3 Å². The molecule has 3 rings (SSSR count). The van der Waals surface area contributed by atoms with Crippen molar-refractivity contribution in [3.8, 4) is 0 Å². The molecule has 2 aromatic rings. The zero-order valence-corrected chi connectivity index (χ0v) is 17.3. The maximum absolute atomic E-state index is 12.5. The van der Waals surface area contributed by atoms with E-state index in [1.54, 1.807) is 4.90 Å². The number of fused-ring (bicyclic) bond motifs is 1. The number of benzene rings is 1. The predicted molar refractivity (Wildman–Crippen MR) is 110 cm³/mol. The Labute approximate surface area is 169 Å². The van der Waals surface area contributed by atoms with E-state index < -0.39 is 0 Å². The van der Waals surface area contributed by atoms with Crippen LogP contribution in [-0.4, -0.2) is 41.3 Å². The van der Waals surface area contributed by atoms with Gasteiger partial charge in [0.1, 0.15) is 0 Å². The van der Waals surface area contributed by atoms with Crippen LogP contribution < -0.4 is 4.90 Å². The van der Waals surface area contributed by atoms with Gasteiger partial charge in [-0.05, 0) is 56.6 Å². The van der Waals surface area contributed by atoms with Crippen molar-refractivity contribution < 1.29 is 14.3 Å². The van der Waals surface area contributed by atoms with E-state index in [0.29, 0.717) is 13.0 Å². The molecule has 0 unspecified atom stereocenters. The number of anilines is 1. The second-order valence-corrected chi connectivity index (χ2v) is 7.57. The molecule has 1 aromatic heterocycles. The van der Waals surface area contributed by atoms with Crippen LogP contribution in [0.1, 0.15) is 35.4 Å². The lowest BCUT2D eigenvalue weighted by atomic mass is 10.0. The quantitative estimate of drug-likeness (QED) is 0.422. The lowest BCUT2D eigenvalue weighted by Crippen LogP contribution is -2.38. The first-order valence-electron chi connectivity index (χ1n) is 9.41. The standard InChI is InChI=1S/C21H25N3O3S/c1-14-17(15(2)23-21(22-14)28-3)10-11-20(26)27-13-19(25)24-12-6-8-16-7-4-5-9-18(16)24/h4-5,7,9H,6,8,10-13H2,1-3H3. The van der Waals surface area contributed by atoms with Crippen molar-refractivity contribution in [2.45, 2.75) is 44.7 Å². The second-order valence-electron chi connectivity index (χ2n) is 6.80. The molecular weight excluding hydrogens is 374 g/mol. The number of thioether (sulfide) groups is 1. The molecule has 0 N–H and O–H groups in total. The van der Waals surface area contributed by atoms with Gasteiger partial charge in [-0.2, -0.15) is 0 Å². The molecular formula is C21H25N3O3S. The van der Waals surface area contributed by atoms with Crippen molar-refractivity contribution >= 4 is 29.3 Å². The molecule has 1 amide bonds. The van der Waals surface area contributed by atoms with Gasteiger partial charge in [-0.1, -0.05) is 30.0 Å². The zero-order chi connectivity index (χ0) is 20.1. The minimum atomic E-state index is -0.383. The Hall–Kier alpha value is -2.41. The Bertz CT molecular complexity index is 862. The molecule has 1 aromatic carbocycles. The molecule has 28 heavy (non-hydrogen) atoms. The van der Waals surface area contributed by atoms with E-state index in [1.165, 1.54) is 11.8 Å². The van der Waals surface area contributed by atoms with E-state index in [-0.39, 0.29) is 24.9 Å². The summed E-state index contributed by atoms with van der Waals surface area (Å²) in [7, 11) is 0. The summed E-state index contributed by atoms with van der Waals surface area (Å²) in [5, 5.41) is 0.730. The average molecular weight is 400 g/mol. The fourth-order valence-corrected chi connectivity index (χ4v) is 3.93. The topological polar surface area (TPSA) is 72.4 Å². The Morgan fingerprint density at radius 3 is 2.61 bits per heavy atom. The molecule has 0 aliphatic carbocycles. The number of carbonyl (C=O) groups is 2. The fraction of sp³-hybridized carbons (Fsp3) is 0.429. The van der Waals surface area contributed by atoms with Gasteiger partial charge in [0.15, 0.2) is 11.8 Å². The molecule has 0 saturated carbocycles. The predicted octanol–water partition coefficient (Wildman–Crippen LogP) is 3.27. The maximum atomic E-state index is 12.5. The van der Waals surface area contributed by atoms with Gasteiger partial charge in [-0.15, -0.1) is 0 Å². The molecule has 0 fully saturated rings. The molecule has 0 radical (unpaired) electrons. The van der Waals surface area contributed by atoms with Gasteiger partial charge in [0.25, 0.3) is 5.91 Å². The van der Waals surface area contributed by atoms with Crippen LogP contribution in [0.25, 0.3) is 0 Å². The fourth-order valence-electron chi connectivity index (χ4n) is 3.47. The van der Waals surface area contributed by atoms with Crippen molar-refractivity contribution in [1.82, 2.24) is 9.97 Å². The molecule has 1 aliphatic rings. The first kappa shape index (κ1) is 20.3. The Morgan fingerprint density at radius 1 is 1.18 bits per heavy atom.